The molecule has 3 N–H and O–H groups in total. The number of hydrogen-bond donors (Lipinski definition) is 2. The molecular formula is C6H5F3N2OS. The summed E-state index contributed by atoms with van der Waals surface area (Å²) in [5.41, 5.74) is 4.75. The fourth-order valence-corrected chi connectivity index (χ4v) is 1.56. The van der Waals surface area contributed by atoms with Crippen molar-refractivity contribution in [1.82, 2.24) is 0 Å². The second-order valence-electron chi connectivity index (χ2n) is 2.15. The van der Waals surface area contributed by atoms with E-state index in [9.17, 15) is 13.2 Å². The molecule has 3 nitrogen and oxygen atoms in total. The second-order valence-corrected chi connectivity index (χ2v) is 3.06. The van der Waals surface area contributed by atoms with Gasteiger partial charge in [-0.1, -0.05) is 5.16 Å². The molecule has 0 spiro atoms. The van der Waals surface area contributed by atoms with E-state index in [4.69, 9.17) is 10.9 Å². The molecule has 0 bridgehead atoms. The van der Waals surface area contributed by atoms with Crippen LogP contribution in [-0.2, 0) is 6.18 Å². The molecule has 0 aromatic carbocycles. The minimum atomic E-state index is -4.46. The van der Waals surface area contributed by atoms with Crippen LogP contribution < -0.4 is 5.73 Å². The van der Waals surface area contributed by atoms with E-state index in [-0.39, 0.29) is 5.56 Å². The molecule has 0 radical (unpaired) electrons. The molecule has 0 amide bonds. The van der Waals surface area contributed by atoms with Crippen molar-refractivity contribution in [2.45, 2.75) is 6.18 Å². The third-order valence-corrected chi connectivity index (χ3v) is 2.27. The number of amidine groups is 1. The fraction of sp³-hybridized carbons (Fsp3) is 0.167. The molecule has 0 saturated carbocycles. The zero-order chi connectivity index (χ0) is 10.1. The van der Waals surface area contributed by atoms with Gasteiger partial charge in [0.05, 0.1) is 0 Å². The van der Waals surface area contributed by atoms with Gasteiger partial charge in [0, 0.05) is 5.56 Å². The summed E-state index contributed by atoms with van der Waals surface area (Å²) >= 11 is 0.503. The summed E-state index contributed by atoms with van der Waals surface area (Å²) in [5.74, 6) is -0.534. The van der Waals surface area contributed by atoms with Crippen molar-refractivity contribution in [1.29, 1.82) is 0 Å². The number of rotatable bonds is 1. The molecule has 0 atom stereocenters. The predicted molar refractivity (Wildman–Crippen MR) is 41.8 cm³/mol. The van der Waals surface area contributed by atoms with Gasteiger partial charge in [-0.2, -0.15) is 13.2 Å². The smallest absolute Gasteiger partial charge is 0.409 e. The van der Waals surface area contributed by atoms with Crippen LogP contribution in [-0.4, -0.2) is 11.0 Å². The predicted octanol–water partition coefficient (Wildman–Crippen LogP) is 1.86. The van der Waals surface area contributed by atoms with Crippen molar-refractivity contribution in [3.8, 4) is 0 Å². The lowest BCUT2D eigenvalue weighted by molar-refractivity contribution is -0.134. The van der Waals surface area contributed by atoms with Crippen LogP contribution in [0.5, 0.6) is 0 Å². The number of nitrogens with two attached hydrogens (primary N) is 1. The highest BCUT2D eigenvalue weighted by molar-refractivity contribution is 7.10. The highest BCUT2D eigenvalue weighted by atomic mass is 32.1. The number of oxime groups is 1. The van der Waals surface area contributed by atoms with Gasteiger partial charge >= 0.3 is 6.18 Å². The van der Waals surface area contributed by atoms with Crippen LogP contribution in [0, 0.1) is 0 Å². The summed E-state index contributed by atoms with van der Waals surface area (Å²) in [7, 11) is 0. The van der Waals surface area contributed by atoms with Crippen LogP contribution in [0.4, 0.5) is 13.2 Å². The van der Waals surface area contributed by atoms with Gasteiger partial charge in [0.1, 0.15) is 4.88 Å². The maximum atomic E-state index is 12.2. The van der Waals surface area contributed by atoms with E-state index in [2.05, 4.69) is 5.16 Å². The Bertz CT molecular complexity index is 331. The van der Waals surface area contributed by atoms with E-state index in [1.54, 1.807) is 0 Å². The number of hydrogen-bond acceptors (Lipinski definition) is 3. The van der Waals surface area contributed by atoms with Gasteiger partial charge in [-0.15, -0.1) is 11.3 Å². The van der Waals surface area contributed by atoms with Gasteiger partial charge in [-0.25, -0.2) is 0 Å². The molecule has 13 heavy (non-hydrogen) atoms. The van der Waals surface area contributed by atoms with Crippen molar-refractivity contribution in [3.05, 3.63) is 21.9 Å². The Morgan fingerprint density at radius 1 is 1.54 bits per heavy atom. The number of alkyl halides is 3. The third kappa shape index (κ3) is 1.92. The van der Waals surface area contributed by atoms with Crippen LogP contribution in [0.15, 0.2) is 16.6 Å². The van der Waals surface area contributed by atoms with E-state index in [1.165, 1.54) is 5.38 Å². The Hall–Kier alpha value is -1.24. The summed E-state index contributed by atoms with van der Waals surface area (Å²) < 4.78 is 36.6. The molecule has 1 rings (SSSR count). The normalized spacial score (nSPS) is 13.3. The first-order valence-electron chi connectivity index (χ1n) is 3.09. The molecule has 0 aliphatic carbocycles. The number of halogens is 3. The van der Waals surface area contributed by atoms with E-state index >= 15 is 0 Å². The average molecular weight is 210 g/mol. The Balaban J connectivity index is 3.18. The molecular weight excluding hydrogens is 205 g/mol. The Morgan fingerprint density at radius 3 is 2.62 bits per heavy atom. The second kappa shape index (κ2) is 3.25. The SMILES string of the molecule is N/C(=N\O)c1ccsc1C(F)(F)F. The van der Waals surface area contributed by atoms with Gasteiger partial charge in [0.15, 0.2) is 5.84 Å². The molecule has 0 saturated heterocycles. The van der Waals surface area contributed by atoms with Gasteiger partial charge in [-0.05, 0) is 11.4 Å². The van der Waals surface area contributed by atoms with Gasteiger partial charge < -0.3 is 10.9 Å². The first-order valence-corrected chi connectivity index (χ1v) is 3.97. The standard InChI is InChI=1S/C6H5F3N2OS/c7-6(8,9)4-3(1-2-13-4)5(10)11-12/h1-2,12H,(H2,10,11). The lowest BCUT2D eigenvalue weighted by Gasteiger charge is -2.05. The summed E-state index contributed by atoms with van der Waals surface area (Å²) in [6.45, 7) is 0. The zero-order valence-corrected chi connectivity index (χ0v) is 6.99. The molecule has 1 heterocycles. The molecule has 7 heteroatoms. The summed E-state index contributed by atoms with van der Waals surface area (Å²) in [5, 5.41) is 11.9. The van der Waals surface area contributed by atoms with E-state index < -0.39 is 16.9 Å². The van der Waals surface area contributed by atoms with Crippen LogP contribution in [0.25, 0.3) is 0 Å². The Kier molecular flexibility index (Phi) is 2.46. The van der Waals surface area contributed by atoms with Crippen molar-refractivity contribution in [2.24, 2.45) is 10.9 Å². The Labute approximate surface area is 75.3 Å². The lowest BCUT2D eigenvalue weighted by atomic mass is 10.2. The summed E-state index contributed by atoms with van der Waals surface area (Å²) in [4.78, 5) is -0.859. The van der Waals surface area contributed by atoms with Crippen LogP contribution in [0.3, 0.4) is 0 Å². The Morgan fingerprint density at radius 2 is 2.15 bits per heavy atom. The van der Waals surface area contributed by atoms with Crippen LogP contribution in [0.2, 0.25) is 0 Å². The molecule has 72 valence electrons. The van der Waals surface area contributed by atoms with Gasteiger partial charge in [0.25, 0.3) is 0 Å². The highest BCUT2D eigenvalue weighted by Crippen LogP contribution is 2.35. The van der Waals surface area contributed by atoms with Crippen molar-refractivity contribution in [3.63, 3.8) is 0 Å². The molecule has 0 aliphatic heterocycles. The summed E-state index contributed by atoms with van der Waals surface area (Å²) in [6.07, 6.45) is -4.46. The lowest BCUT2D eigenvalue weighted by Crippen LogP contribution is -2.17. The van der Waals surface area contributed by atoms with E-state index in [0.717, 1.165) is 6.07 Å². The topological polar surface area (TPSA) is 58.6 Å². The minimum Gasteiger partial charge on any atom is -0.409 e. The largest absolute Gasteiger partial charge is 0.426 e. The van der Waals surface area contributed by atoms with Crippen LogP contribution >= 0.6 is 11.3 Å². The quantitative estimate of drug-likeness (QED) is 0.321. The maximum absolute atomic E-state index is 12.2. The molecule has 1 aromatic rings. The molecule has 0 fully saturated rings. The molecule has 1 aromatic heterocycles. The number of nitrogens with zero attached hydrogens (tertiary/aromatic N) is 1. The third-order valence-electron chi connectivity index (χ3n) is 1.31. The summed E-state index contributed by atoms with van der Waals surface area (Å²) in [6, 6.07) is 1.16. The zero-order valence-electron chi connectivity index (χ0n) is 6.17. The van der Waals surface area contributed by atoms with E-state index in [0.29, 0.717) is 11.3 Å². The number of thiophene rings is 1. The monoisotopic (exact) mass is 210 g/mol. The highest BCUT2D eigenvalue weighted by Gasteiger charge is 2.35. The van der Waals surface area contributed by atoms with E-state index in [1.807, 2.05) is 0 Å². The van der Waals surface area contributed by atoms with Gasteiger partial charge in [0.2, 0.25) is 0 Å². The average Bonchev–Trinajstić information content (AvgIpc) is 2.49. The maximum Gasteiger partial charge on any atom is 0.426 e. The van der Waals surface area contributed by atoms with Crippen molar-refractivity contribution >= 4 is 17.2 Å². The van der Waals surface area contributed by atoms with Crippen molar-refractivity contribution < 1.29 is 18.4 Å². The first-order chi connectivity index (χ1) is 5.96. The first kappa shape index (κ1) is 9.85. The van der Waals surface area contributed by atoms with Gasteiger partial charge in [-0.3, -0.25) is 0 Å². The van der Waals surface area contributed by atoms with Crippen molar-refractivity contribution in [2.75, 3.05) is 0 Å². The molecule has 0 aliphatic rings. The fourth-order valence-electron chi connectivity index (χ4n) is 0.784. The van der Waals surface area contributed by atoms with Crippen LogP contribution in [0.1, 0.15) is 10.4 Å². The minimum absolute atomic E-state index is 0.292. The molecule has 0 unspecified atom stereocenters.